The van der Waals surface area contributed by atoms with Crippen molar-refractivity contribution < 1.29 is 85.5 Å². The van der Waals surface area contributed by atoms with E-state index in [1.165, 1.54) is 0 Å². The van der Waals surface area contributed by atoms with Crippen molar-refractivity contribution in [1.29, 1.82) is 0 Å². The van der Waals surface area contributed by atoms with E-state index in [9.17, 15) is 57.1 Å². The van der Waals surface area contributed by atoms with E-state index in [1.807, 2.05) is 0 Å². The molecular weight excluding hydrogens is 747 g/mol. The van der Waals surface area contributed by atoms with Gasteiger partial charge in [-0.05, 0) is 34.8 Å². The van der Waals surface area contributed by atoms with Crippen LogP contribution in [0.5, 0.6) is 0 Å². The lowest BCUT2D eigenvalue weighted by molar-refractivity contribution is -0.613. The zero-order chi connectivity index (χ0) is 30.3. The van der Waals surface area contributed by atoms with Gasteiger partial charge in [-0.1, -0.05) is 58.0 Å². The molecule has 0 saturated carbocycles. The van der Waals surface area contributed by atoms with Crippen molar-refractivity contribution in [2.75, 3.05) is 0 Å². The Balaban J connectivity index is 6.96. The highest BCUT2D eigenvalue weighted by Gasteiger charge is 2.73. The van der Waals surface area contributed by atoms with Gasteiger partial charge >= 0.3 is 47.5 Å². The third-order valence-electron chi connectivity index (χ3n) is 2.50. The highest BCUT2D eigenvalue weighted by molar-refractivity contribution is 6.75. The van der Waals surface area contributed by atoms with Crippen LogP contribution in [0.1, 0.15) is 0 Å². The Morgan fingerprint density at radius 1 is 0.514 bits per heavy atom. The summed E-state index contributed by atoms with van der Waals surface area (Å²) >= 11 is 41.1. The van der Waals surface area contributed by atoms with E-state index < -0.39 is 55.9 Å². The molecule has 0 bridgehead atoms. The van der Waals surface area contributed by atoms with Crippen LogP contribution in [0.4, 0.5) is 57.1 Å². The van der Waals surface area contributed by atoms with Gasteiger partial charge in [-0.25, -0.2) is 14.2 Å². The van der Waals surface area contributed by atoms with Gasteiger partial charge in [-0.2, -0.15) is 43.9 Å². The molecular formula is C10HCl8F13O6. The van der Waals surface area contributed by atoms with Crippen LogP contribution in [0.3, 0.4) is 0 Å². The van der Waals surface area contributed by atoms with Crippen LogP contribution in [0.15, 0.2) is 0 Å². The van der Waals surface area contributed by atoms with Crippen molar-refractivity contribution in [3.63, 3.8) is 0 Å². The fraction of sp³-hybridized carbons (Fsp3) is 1.00. The molecule has 0 amide bonds. The molecule has 2 unspecified atom stereocenters. The first kappa shape index (κ1) is 38.2. The zero-order valence-corrected chi connectivity index (χ0v) is 21.5. The van der Waals surface area contributed by atoms with Crippen molar-refractivity contribution in [3.05, 3.63) is 0 Å². The summed E-state index contributed by atoms with van der Waals surface area (Å²) in [6.07, 6.45) is -27.8. The third-order valence-corrected chi connectivity index (χ3v) is 5.14. The SMILES string of the molecule is FC(F)OC(OC(F)(F)F)(OC(Cl)(OC(Cl)(Cl)OC(Cl)(Cl)C(Cl)(Cl)Cl)OC(F)(F)C(F)(F)F)C(F)(F)F. The average Bonchev–Trinajstić information content (AvgIpc) is 2.45. The molecule has 0 aromatic carbocycles. The fourth-order valence-electron chi connectivity index (χ4n) is 1.32. The van der Waals surface area contributed by atoms with Gasteiger partial charge < -0.3 is 0 Å². The van der Waals surface area contributed by atoms with Crippen LogP contribution < -0.4 is 0 Å². The Morgan fingerprint density at radius 2 is 0.946 bits per heavy atom. The Morgan fingerprint density at radius 3 is 1.24 bits per heavy atom. The fourth-order valence-corrected chi connectivity index (χ4v) is 2.64. The molecule has 0 heterocycles. The van der Waals surface area contributed by atoms with E-state index in [1.54, 1.807) is 0 Å². The van der Waals surface area contributed by atoms with Gasteiger partial charge in [0, 0.05) is 0 Å². The molecule has 0 rings (SSSR count). The molecule has 0 fully saturated rings. The molecule has 0 saturated heterocycles. The van der Waals surface area contributed by atoms with E-state index in [4.69, 9.17) is 92.8 Å². The van der Waals surface area contributed by atoms with Crippen LogP contribution in [0.2, 0.25) is 0 Å². The van der Waals surface area contributed by atoms with Crippen LogP contribution in [-0.4, -0.2) is 55.9 Å². The first-order chi connectivity index (χ1) is 15.7. The molecule has 0 aliphatic carbocycles. The molecule has 27 heteroatoms. The highest BCUT2D eigenvalue weighted by atomic mass is 35.6. The van der Waals surface area contributed by atoms with Crippen LogP contribution in [0, 0.1) is 0 Å². The molecule has 0 aliphatic rings. The lowest BCUT2D eigenvalue weighted by atomic mass is 10.5. The Bertz CT molecular complexity index is 773. The summed E-state index contributed by atoms with van der Waals surface area (Å²) in [4.78, 5) is 0. The third kappa shape index (κ3) is 11.5. The first-order valence-electron chi connectivity index (χ1n) is 7.26. The molecule has 0 N–H and O–H groups in total. The van der Waals surface area contributed by atoms with E-state index in [-0.39, 0.29) is 0 Å². The number of hydrogen-bond acceptors (Lipinski definition) is 6. The van der Waals surface area contributed by atoms with E-state index in [0.29, 0.717) is 0 Å². The van der Waals surface area contributed by atoms with Gasteiger partial charge in [0.15, 0.2) is 0 Å². The van der Waals surface area contributed by atoms with E-state index in [0.717, 1.165) is 0 Å². The molecule has 0 aromatic heterocycles. The predicted molar refractivity (Wildman–Crippen MR) is 96.1 cm³/mol. The lowest BCUT2D eigenvalue weighted by Crippen LogP contribution is -2.62. The van der Waals surface area contributed by atoms with Crippen molar-refractivity contribution in [1.82, 2.24) is 0 Å². The summed E-state index contributed by atoms with van der Waals surface area (Å²) in [5.41, 5.74) is -5.67. The van der Waals surface area contributed by atoms with Gasteiger partial charge in [0.25, 0.3) is 4.52 Å². The van der Waals surface area contributed by atoms with Gasteiger partial charge in [-0.15, -0.1) is 13.2 Å². The van der Waals surface area contributed by atoms with Crippen LogP contribution in [0.25, 0.3) is 0 Å². The predicted octanol–water partition coefficient (Wildman–Crippen LogP) is 8.64. The molecule has 0 spiro atoms. The molecule has 0 radical (unpaired) electrons. The standard InChI is InChI=1S/C10HCl8F13O6/c11-2(12,13)3(14,15)33-8(16,17)37-9(18,34-6(27,28)4(21,22)23)35-7(5(24,25)26,32-1(19)20)36-10(29,30)31/h1H. The normalized spacial score (nSPS) is 18.6. The smallest absolute Gasteiger partial charge is 0.283 e. The topological polar surface area (TPSA) is 55.4 Å². The maximum Gasteiger partial charge on any atom is 0.527 e. The second-order valence-corrected chi connectivity index (χ2v) is 10.6. The number of alkyl halides is 21. The minimum atomic E-state index is -7.12. The molecule has 0 aromatic rings. The van der Waals surface area contributed by atoms with E-state index >= 15 is 0 Å². The van der Waals surface area contributed by atoms with Crippen LogP contribution >= 0.6 is 92.8 Å². The zero-order valence-electron chi connectivity index (χ0n) is 15.5. The summed E-state index contributed by atoms with van der Waals surface area (Å²) in [5, 5.41) is 0. The summed E-state index contributed by atoms with van der Waals surface area (Å²) in [6, 6.07) is 0. The molecule has 6 nitrogen and oxygen atoms in total. The number of hydrogen-bond donors (Lipinski definition) is 0. The van der Waals surface area contributed by atoms with Crippen molar-refractivity contribution in [2.45, 2.75) is 55.9 Å². The van der Waals surface area contributed by atoms with Crippen molar-refractivity contribution in [2.24, 2.45) is 0 Å². The summed E-state index contributed by atoms with van der Waals surface area (Å²) in [7, 11) is 0. The lowest BCUT2D eigenvalue weighted by Gasteiger charge is -2.42. The molecule has 37 heavy (non-hydrogen) atoms. The Hall–Kier alpha value is 1.17. The van der Waals surface area contributed by atoms with Crippen LogP contribution in [-0.2, 0) is 28.4 Å². The largest absolute Gasteiger partial charge is 0.527 e. The average molecular weight is 748 g/mol. The summed E-state index contributed by atoms with van der Waals surface area (Å²) < 4.78 is 174. The minimum absolute atomic E-state index is 2.20. The summed E-state index contributed by atoms with van der Waals surface area (Å²) in [6.45, 7) is -5.04. The Labute approximate surface area is 233 Å². The van der Waals surface area contributed by atoms with Gasteiger partial charge in [0.2, 0.25) is 3.79 Å². The number of rotatable bonds is 11. The monoisotopic (exact) mass is 744 g/mol. The molecule has 0 aliphatic heterocycles. The van der Waals surface area contributed by atoms with Crippen molar-refractivity contribution >= 4 is 92.8 Å². The molecule has 224 valence electrons. The van der Waals surface area contributed by atoms with E-state index in [2.05, 4.69) is 28.4 Å². The number of halogens is 21. The maximum atomic E-state index is 13.4. The van der Waals surface area contributed by atoms with Gasteiger partial charge in [0.05, 0.1) is 0 Å². The van der Waals surface area contributed by atoms with Gasteiger partial charge in [0.1, 0.15) is 0 Å². The first-order valence-corrected chi connectivity index (χ1v) is 10.3. The molecule has 2 atom stereocenters. The second-order valence-electron chi connectivity index (χ2n) is 5.36. The quantitative estimate of drug-likeness (QED) is 0.120. The van der Waals surface area contributed by atoms with Crippen molar-refractivity contribution in [3.8, 4) is 0 Å². The summed E-state index contributed by atoms with van der Waals surface area (Å²) in [5.74, 6) is -6.47. The Kier molecular flexibility index (Phi) is 12.2. The van der Waals surface area contributed by atoms with Gasteiger partial charge in [-0.3, -0.25) is 14.2 Å². The second kappa shape index (κ2) is 11.8. The minimum Gasteiger partial charge on any atom is -0.283 e. The number of ether oxygens (including phenoxy) is 6. The highest BCUT2D eigenvalue weighted by Crippen LogP contribution is 2.54. The maximum absolute atomic E-state index is 13.4.